The van der Waals surface area contributed by atoms with Crippen LogP contribution in [0.1, 0.15) is 11.1 Å². The van der Waals surface area contributed by atoms with Gasteiger partial charge in [0.15, 0.2) is 6.61 Å². The van der Waals surface area contributed by atoms with Crippen LogP contribution < -0.4 is 16.4 Å². The number of primary amides is 1. The number of nitrogens with two attached hydrogens (primary N) is 1. The molecule has 0 bridgehead atoms. The second kappa shape index (κ2) is 10.1. The van der Waals surface area contributed by atoms with E-state index in [0.29, 0.717) is 13.0 Å². The number of ether oxygens (including phenoxy) is 1. The number of aromatic nitrogens is 1. The second-order valence-corrected chi connectivity index (χ2v) is 6.82. The molecular weight excluding hydrogens is 384 g/mol. The van der Waals surface area contributed by atoms with Gasteiger partial charge in [0, 0.05) is 30.1 Å². The van der Waals surface area contributed by atoms with Crippen LogP contribution in [0.3, 0.4) is 0 Å². The van der Waals surface area contributed by atoms with Gasteiger partial charge in [-0.25, -0.2) is 9.59 Å². The van der Waals surface area contributed by atoms with Gasteiger partial charge in [-0.3, -0.25) is 4.79 Å². The fourth-order valence-corrected chi connectivity index (χ4v) is 3.18. The molecule has 156 valence electrons. The highest BCUT2D eigenvalue weighted by molar-refractivity contribution is 5.86. The first-order valence-corrected chi connectivity index (χ1v) is 9.61. The molecule has 2 aromatic carbocycles. The number of para-hydroxylation sites is 1. The minimum absolute atomic E-state index is 0.213. The average molecular weight is 408 g/mol. The summed E-state index contributed by atoms with van der Waals surface area (Å²) in [4.78, 5) is 38.8. The monoisotopic (exact) mass is 408 g/mol. The number of urea groups is 1. The Morgan fingerprint density at radius 2 is 1.77 bits per heavy atom. The van der Waals surface area contributed by atoms with Gasteiger partial charge in [-0.2, -0.15) is 0 Å². The van der Waals surface area contributed by atoms with Crippen molar-refractivity contribution in [3.05, 3.63) is 71.9 Å². The summed E-state index contributed by atoms with van der Waals surface area (Å²) >= 11 is 0. The van der Waals surface area contributed by atoms with E-state index in [4.69, 9.17) is 10.5 Å². The van der Waals surface area contributed by atoms with Crippen LogP contribution in [-0.2, 0) is 27.2 Å². The predicted molar refractivity (Wildman–Crippen MR) is 113 cm³/mol. The van der Waals surface area contributed by atoms with Gasteiger partial charge in [-0.15, -0.1) is 0 Å². The highest BCUT2D eigenvalue weighted by Crippen LogP contribution is 2.17. The Labute approximate surface area is 173 Å². The number of fused-ring (bicyclic) bond motifs is 1. The molecule has 5 N–H and O–H groups in total. The minimum Gasteiger partial charge on any atom is -0.454 e. The molecule has 3 aromatic rings. The maximum atomic E-state index is 12.3. The van der Waals surface area contributed by atoms with Gasteiger partial charge in [0.05, 0.1) is 0 Å². The number of benzene rings is 2. The molecule has 1 aromatic heterocycles. The van der Waals surface area contributed by atoms with Crippen molar-refractivity contribution >= 4 is 28.8 Å². The third-order valence-corrected chi connectivity index (χ3v) is 4.62. The number of H-pyrrole nitrogens is 1. The lowest BCUT2D eigenvalue weighted by Gasteiger charge is -2.16. The highest BCUT2D eigenvalue weighted by Gasteiger charge is 2.22. The van der Waals surface area contributed by atoms with Crippen molar-refractivity contribution in [2.75, 3.05) is 13.2 Å². The van der Waals surface area contributed by atoms with E-state index in [2.05, 4.69) is 15.6 Å². The Morgan fingerprint density at radius 3 is 2.53 bits per heavy atom. The van der Waals surface area contributed by atoms with Gasteiger partial charge in [0.2, 0.25) is 0 Å². The first-order valence-electron chi connectivity index (χ1n) is 9.61. The van der Waals surface area contributed by atoms with Crippen LogP contribution in [0.25, 0.3) is 10.9 Å². The fraction of sp³-hybridized carbons (Fsp3) is 0.227. The van der Waals surface area contributed by atoms with Crippen molar-refractivity contribution in [2.45, 2.75) is 18.9 Å². The summed E-state index contributed by atoms with van der Waals surface area (Å²) in [6, 6.07) is 15.2. The molecular formula is C22H24N4O4. The van der Waals surface area contributed by atoms with Crippen LogP contribution >= 0.6 is 0 Å². The van der Waals surface area contributed by atoms with Crippen molar-refractivity contribution in [3.8, 4) is 0 Å². The van der Waals surface area contributed by atoms with Crippen molar-refractivity contribution in [1.82, 2.24) is 15.6 Å². The van der Waals surface area contributed by atoms with E-state index in [-0.39, 0.29) is 6.42 Å². The molecule has 3 amide bonds. The maximum Gasteiger partial charge on any atom is 0.329 e. The Balaban J connectivity index is 1.46. The summed E-state index contributed by atoms with van der Waals surface area (Å²) in [6.45, 7) is -0.0241. The lowest BCUT2D eigenvalue weighted by atomic mass is 10.1. The number of amides is 3. The summed E-state index contributed by atoms with van der Waals surface area (Å²) in [5.41, 5.74) is 8.12. The van der Waals surface area contributed by atoms with Crippen molar-refractivity contribution in [1.29, 1.82) is 0 Å². The first-order chi connectivity index (χ1) is 14.5. The normalized spacial score (nSPS) is 11.6. The Bertz CT molecular complexity index is 1020. The molecule has 8 heteroatoms. The lowest BCUT2D eigenvalue weighted by molar-refractivity contribution is -0.150. The molecule has 0 fully saturated rings. The third kappa shape index (κ3) is 5.84. The zero-order chi connectivity index (χ0) is 21.3. The summed E-state index contributed by atoms with van der Waals surface area (Å²) in [5, 5.41) is 6.20. The number of carbonyl (C=O) groups excluding carboxylic acids is 3. The number of hydrogen-bond donors (Lipinski definition) is 4. The number of rotatable bonds is 9. The maximum absolute atomic E-state index is 12.3. The fourth-order valence-electron chi connectivity index (χ4n) is 3.18. The summed E-state index contributed by atoms with van der Waals surface area (Å²) in [5.74, 6) is -1.13. The van der Waals surface area contributed by atoms with Gasteiger partial charge in [-0.1, -0.05) is 48.5 Å². The molecule has 1 atom stereocenters. The van der Waals surface area contributed by atoms with Crippen LogP contribution in [0.2, 0.25) is 0 Å². The molecule has 8 nitrogen and oxygen atoms in total. The Hall–Kier alpha value is -3.81. The van der Waals surface area contributed by atoms with Crippen LogP contribution in [0.4, 0.5) is 4.79 Å². The van der Waals surface area contributed by atoms with Gasteiger partial charge in [0.1, 0.15) is 6.04 Å². The summed E-state index contributed by atoms with van der Waals surface area (Å²) in [7, 11) is 0. The smallest absolute Gasteiger partial charge is 0.329 e. The van der Waals surface area contributed by atoms with Crippen molar-refractivity contribution < 1.29 is 19.1 Å². The number of aromatic amines is 1. The van der Waals surface area contributed by atoms with Gasteiger partial charge in [-0.05, 0) is 23.6 Å². The molecule has 0 aliphatic heterocycles. The van der Waals surface area contributed by atoms with E-state index >= 15 is 0 Å². The zero-order valence-electron chi connectivity index (χ0n) is 16.4. The topological polar surface area (TPSA) is 126 Å². The molecule has 0 radical (unpaired) electrons. The third-order valence-electron chi connectivity index (χ3n) is 4.62. The molecule has 0 saturated carbocycles. The molecule has 3 rings (SSSR count). The van der Waals surface area contributed by atoms with E-state index in [9.17, 15) is 14.4 Å². The van der Waals surface area contributed by atoms with E-state index in [1.807, 2.05) is 60.8 Å². The van der Waals surface area contributed by atoms with E-state index in [1.54, 1.807) is 0 Å². The van der Waals surface area contributed by atoms with Crippen LogP contribution in [0, 0.1) is 0 Å². The van der Waals surface area contributed by atoms with Crippen molar-refractivity contribution in [3.63, 3.8) is 0 Å². The largest absolute Gasteiger partial charge is 0.454 e. The first kappa shape index (κ1) is 20.9. The van der Waals surface area contributed by atoms with Crippen LogP contribution in [-0.4, -0.2) is 42.1 Å². The summed E-state index contributed by atoms with van der Waals surface area (Å²) < 4.78 is 5.07. The van der Waals surface area contributed by atoms with Crippen LogP contribution in [0.5, 0.6) is 0 Å². The molecule has 0 saturated heterocycles. The molecule has 0 spiro atoms. The van der Waals surface area contributed by atoms with E-state index in [0.717, 1.165) is 22.0 Å². The van der Waals surface area contributed by atoms with E-state index in [1.165, 1.54) is 0 Å². The SMILES string of the molecule is NC(=O)N[C@@H](Cc1ccccc1)C(=O)OCC(=O)NCCc1c[nH]c2ccccc12. The van der Waals surface area contributed by atoms with Gasteiger partial charge in [0.25, 0.3) is 5.91 Å². The van der Waals surface area contributed by atoms with E-state index < -0.39 is 30.6 Å². The molecule has 0 unspecified atom stereocenters. The number of esters is 1. The molecule has 0 aliphatic rings. The lowest BCUT2D eigenvalue weighted by Crippen LogP contribution is -2.46. The molecule has 30 heavy (non-hydrogen) atoms. The average Bonchev–Trinajstić information content (AvgIpc) is 3.15. The standard InChI is InChI=1S/C22H24N4O4/c23-22(29)26-19(12-15-6-2-1-3-7-15)21(28)30-14-20(27)24-11-10-16-13-25-18-9-5-4-8-17(16)18/h1-9,13,19,25H,10-12,14H2,(H,24,27)(H3,23,26,29)/t19-/m0/s1. The highest BCUT2D eigenvalue weighted by atomic mass is 16.5. The summed E-state index contributed by atoms with van der Waals surface area (Å²) in [6.07, 6.45) is 2.77. The van der Waals surface area contributed by atoms with Crippen molar-refractivity contribution in [2.24, 2.45) is 5.73 Å². The predicted octanol–water partition coefficient (Wildman–Crippen LogP) is 1.65. The zero-order valence-corrected chi connectivity index (χ0v) is 16.4. The number of hydrogen-bond acceptors (Lipinski definition) is 4. The molecule has 1 heterocycles. The quantitative estimate of drug-likeness (QED) is 0.402. The second-order valence-electron chi connectivity index (χ2n) is 6.82. The number of carbonyl (C=O) groups is 3. The van der Waals surface area contributed by atoms with Crippen LogP contribution in [0.15, 0.2) is 60.8 Å². The minimum atomic E-state index is -0.969. The van der Waals surface area contributed by atoms with Gasteiger partial charge < -0.3 is 26.1 Å². The Kier molecular flexibility index (Phi) is 7.05. The number of nitrogens with one attached hydrogen (secondary N) is 3. The Morgan fingerprint density at radius 1 is 1.03 bits per heavy atom. The molecule has 0 aliphatic carbocycles. The van der Waals surface area contributed by atoms with Gasteiger partial charge >= 0.3 is 12.0 Å².